The molecule has 0 aliphatic heterocycles. The molecule has 0 bridgehead atoms. The van der Waals surface area contributed by atoms with Crippen LogP contribution in [-0.4, -0.2) is 9.97 Å². The van der Waals surface area contributed by atoms with Crippen molar-refractivity contribution in [1.29, 1.82) is 0 Å². The highest BCUT2D eigenvalue weighted by Gasteiger charge is 2.09. The minimum absolute atomic E-state index is 0.302. The van der Waals surface area contributed by atoms with Gasteiger partial charge in [-0.05, 0) is 28.6 Å². The van der Waals surface area contributed by atoms with Crippen LogP contribution in [0.3, 0.4) is 0 Å². The number of hydrogen-bond donors (Lipinski definition) is 0. The molecule has 0 amide bonds. The van der Waals surface area contributed by atoms with Gasteiger partial charge in [-0.15, -0.1) is 11.3 Å². The Labute approximate surface area is 121 Å². The fourth-order valence-corrected chi connectivity index (χ4v) is 3.17. The van der Waals surface area contributed by atoms with Crippen LogP contribution < -0.4 is 0 Å². The molecule has 0 N–H and O–H groups in total. The Balaban J connectivity index is 2.09. The van der Waals surface area contributed by atoms with E-state index in [2.05, 4.69) is 53.5 Å². The molecule has 0 radical (unpaired) electrons. The number of thiophene rings is 1. The fraction of sp³-hybridized carbons (Fsp3) is 0.200. The Morgan fingerprint density at radius 3 is 2.58 bits per heavy atom. The van der Waals surface area contributed by atoms with Crippen LogP contribution in [0.4, 0.5) is 0 Å². The Morgan fingerprint density at radius 2 is 1.89 bits per heavy atom. The molecule has 0 saturated carbocycles. The van der Waals surface area contributed by atoms with Crippen molar-refractivity contribution in [2.75, 3.05) is 0 Å². The van der Waals surface area contributed by atoms with Crippen LogP contribution in [0, 0.1) is 0 Å². The summed E-state index contributed by atoms with van der Waals surface area (Å²) in [7, 11) is 0. The predicted molar refractivity (Wildman–Crippen MR) is 82.0 cm³/mol. The second-order valence-corrected chi connectivity index (χ2v) is 5.98. The normalized spacial score (nSPS) is 11.4. The fourth-order valence-electron chi connectivity index (χ4n) is 2.07. The molecule has 3 rings (SSSR count). The van der Waals surface area contributed by atoms with Crippen LogP contribution in [0.2, 0.25) is 5.28 Å². The molecule has 96 valence electrons. The zero-order chi connectivity index (χ0) is 13.4. The highest BCUT2D eigenvalue weighted by molar-refractivity contribution is 7.17. The number of halogens is 1. The summed E-state index contributed by atoms with van der Waals surface area (Å²) in [6.07, 6.45) is 1.80. The number of fused-ring (bicyclic) bond motifs is 1. The van der Waals surface area contributed by atoms with Gasteiger partial charge in [-0.2, -0.15) is 0 Å². The number of nitrogens with zero attached hydrogens (tertiary/aromatic N) is 2. The number of benzene rings is 1. The number of rotatable bonds is 2. The summed E-state index contributed by atoms with van der Waals surface area (Å²) in [4.78, 5) is 9.25. The van der Waals surface area contributed by atoms with E-state index in [1.54, 1.807) is 17.5 Å². The van der Waals surface area contributed by atoms with Crippen LogP contribution in [0.25, 0.3) is 21.3 Å². The third-order valence-corrected chi connectivity index (χ3v) is 4.26. The molecule has 2 nitrogen and oxygen atoms in total. The molecular weight excluding hydrogens is 276 g/mol. The first-order chi connectivity index (χ1) is 9.15. The maximum atomic E-state index is 5.81. The van der Waals surface area contributed by atoms with Gasteiger partial charge in [-0.3, -0.25) is 0 Å². The summed E-state index contributed by atoms with van der Waals surface area (Å²) in [5, 5.41) is 3.47. The average molecular weight is 289 g/mol. The van der Waals surface area contributed by atoms with Crippen LogP contribution in [0.1, 0.15) is 25.3 Å². The van der Waals surface area contributed by atoms with Crippen molar-refractivity contribution in [3.63, 3.8) is 0 Å². The monoisotopic (exact) mass is 288 g/mol. The van der Waals surface area contributed by atoms with Crippen molar-refractivity contribution in [1.82, 2.24) is 9.97 Å². The van der Waals surface area contributed by atoms with Crippen molar-refractivity contribution in [3.8, 4) is 11.1 Å². The van der Waals surface area contributed by atoms with Gasteiger partial charge in [0.05, 0.1) is 0 Å². The quantitative estimate of drug-likeness (QED) is 0.611. The van der Waals surface area contributed by atoms with E-state index in [0.29, 0.717) is 11.2 Å². The molecule has 2 aromatic heterocycles. The zero-order valence-corrected chi connectivity index (χ0v) is 12.3. The molecule has 19 heavy (non-hydrogen) atoms. The molecule has 0 unspecified atom stereocenters. The minimum atomic E-state index is 0.302. The first kappa shape index (κ1) is 12.6. The largest absolute Gasteiger partial charge is 0.226 e. The topological polar surface area (TPSA) is 25.8 Å². The highest BCUT2D eigenvalue weighted by atomic mass is 35.5. The first-order valence-electron chi connectivity index (χ1n) is 6.15. The predicted octanol–water partition coefficient (Wildman–Crippen LogP) is 5.14. The van der Waals surface area contributed by atoms with Crippen LogP contribution in [0.5, 0.6) is 0 Å². The third-order valence-electron chi connectivity index (χ3n) is 3.19. The van der Waals surface area contributed by atoms with Crippen LogP contribution in [0.15, 0.2) is 35.8 Å². The lowest BCUT2D eigenvalue weighted by Crippen LogP contribution is -1.86. The third kappa shape index (κ3) is 2.36. The van der Waals surface area contributed by atoms with Crippen molar-refractivity contribution in [2.45, 2.75) is 19.8 Å². The summed E-state index contributed by atoms with van der Waals surface area (Å²) in [6, 6.07) is 8.68. The Bertz CT molecular complexity index is 717. The van der Waals surface area contributed by atoms with Gasteiger partial charge in [-0.1, -0.05) is 38.1 Å². The molecule has 0 spiro atoms. The molecule has 0 aliphatic carbocycles. The van der Waals surface area contributed by atoms with Crippen molar-refractivity contribution < 1.29 is 0 Å². The lowest BCUT2D eigenvalue weighted by Gasteiger charge is -2.06. The maximum Gasteiger partial charge on any atom is 0.223 e. The second kappa shape index (κ2) is 4.91. The van der Waals surface area contributed by atoms with Gasteiger partial charge in [0.15, 0.2) is 0 Å². The summed E-state index contributed by atoms with van der Waals surface area (Å²) < 4.78 is 0. The molecular formula is C15H13ClN2S. The van der Waals surface area contributed by atoms with E-state index in [-0.39, 0.29) is 0 Å². The van der Waals surface area contributed by atoms with Gasteiger partial charge < -0.3 is 0 Å². The van der Waals surface area contributed by atoms with Crippen molar-refractivity contribution >= 4 is 33.2 Å². The number of aromatic nitrogens is 2. The van der Waals surface area contributed by atoms with Crippen LogP contribution >= 0.6 is 22.9 Å². The molecule has 1 aromatic carbocycles. The van der Waals surface area contributed by atoms with E-state index in [4.69, 9.17) is 11.6 Å². The van der Waals surface area contributed by atoms with Gasteiger partial charge in [0, 0.05) is 22.5 Å². The average Bonchev–Trinajstić information content (AvgIpc) is 2.81. The summed E-state index contributed by atoms with van der Waals surface area (Å²) in [5.74, 6) is 0.551. The van der Waals surface area contributed by atoms with E-state index >= 15 is 0 Å². The lowest BCUT2D eigenvalue weighted by molar-refractivity contribution is 0.867. The molecule has 0 saturated heterocycles. The van der Waals surface area contributed by atoms with Gasteiger partial charge in [0.1, 0.15) is 4.83 Å². The maximum absolute atomic E-state index is 5.81. The van der Waals surface area contributed by atoms with Crippen LogP contribution in [-0.2, 0) is 0 Å². The number of hydrogen-bond acceptors (Lipinski definition) is 3. The van der Waals surface area contributed by atoms with E-state index in [1.807, 2.05) is 0 Å². The zero-order valence-electron chi connectivity index (χ0n) is 10.7. The Hall–Kier alpha value is -1.45. The molecule has 2 heterocycles. The van der Waals surface area contributed by atoms with Crippen molar-refractivity contribution in [3.05, 3.63) is 46.7 Å². The Morgan fingerprint density at radius 1 is 1.16 bits per heavy atom. The van der Waals surface area contributed by atoms with E-state index in [9.17, 15) is 0 Å². The van der Waals surface area contributed by atoms with E-state index < -0.39 is 0 Å². The summed E-state index contributed by atoms with van der Waals surface area (Å²) in [6.45, 7) is 4.40. The van der Waals surface area contributed by atoms with Crippen molar-refractivity contribution in [2.24, 2.45) is 0 Å². The smallest absolute Gasteiger partial charge is 0.223 e. The van der Waals surface area contributed by atoms with Gasteiger partial charge in [0.2, 0.25) is 5.28 Å². The van der Waals surface area contributed by atoms with E-state index in [0.717, 1.165) is 10.2 Å². The van der Waals surface area contributed by atoms with Gasteiger partial charge in [-0.25, -0.2) is 9.97 Å². The molecule has 0 fully saturated rings. The van der Waals surface area contributed by atoms with E-state index in [1.165, 1.54) is 16.7 Å². The molecule has 4 heteroatoms. The lowest BCUT2D eigenvalue weighted by atomic mass is 9.99. The molecule has 0 atom stereocenters. The molecule has 0 aliphatic rings. The molecule has 3 aromatic rings. The summed E-state index contributed by atoms with van der Waals surface area (Å²) >= 11 is 7.41. The minimum Gasteiger partial charge on any atom is -0.226 e. The van der Waals surface area contributed by atoms with Gasteiger partial charge in [0.25, 0.3) is 0 Å². The summed E-state index contributed by atoms with van der Waals surface area (Å²) in [5.41, 5.74) is 3.72. The van der Waals surface area contributed by atoms with Gasteiger partial charge >= 0.3 is 0 Å². The second-order valence-electron chi connectivity index (χ2n) is 4.78. The SMILES string of the molecule is CC(C)c1ccc(-c2csc3nc(Cl)ncc23)cc1. The Kier molecular flexibility index (Phi) is 3.25. The standard InChI is InChI=1S/C15H13ClN2S/c1-9(2)10-3-5-11(6-4-10)13-8-19-14-12(13)7-17-15(16)18-14/h3-9H,1-2H3. The highest BCUT2D eigenvalue weighted by Crippen LogP contribution is 2.33. The first-order valence-corrected chi connectivity index (χ1v) is 7.41.